The Morgan fingerprint density at radius 3 is 2.70 bits per heavy atom. The van der Waals surface area contributed by atoms with Gasteiger partial charge in [0.2, 0.25) is 5.95 Å². The maximum absolute atomic E-state index is 14.6. The van der Waals surface area contributed by atoms with Crippen LogP contribution >= 0.6 is 0 Å². The molecule has 0 saturated carbocycles. The van der Waals surface area contributed by atoms with Crippen LogP contribution in [0.25, 0.3) is 0 Å². The summed E-state index contributed by atoms with van der Waals surface area (Å²) in [5.41, 5.74) is 2.95. The van der Waals surface area contributed by atoms with Gasteiger partial charge in [-0.25, -0.2) is 9.37 Å². The number of benzene rings is 2. The third-order valence-corrected chi connectivity index (χ3v) is 4.80. The maximum atomic E-state index is 14.6. The summed E-state index contributed by atoms with van der Waals surface area (Å²) in [6.07, 6.45) is 1.98. The number of nitriles is 1. The van der Waals surface area contributed by atoms with Gasteiger partial charge in [0.15, 0.2) is 0 Å². The zero-order valence-corrected chi connectivity index (χ0v) is 16.4. The summed E-state index contributed by atoms with van der Waals surface area (Å²) in [7, 11) is 0. The van der Waals surface area contributed by atoms with Crippen LogP contribution in [-0.4, -0.2) is 36.1 Å². The van der Waals surface area contributed by atoms with Crippen molar-refractivity contribution in [2.45, 2.75) is 6.42 Å². The second-order valence-electron chi connectivity index (χ2n) is 6.95. The minimum Gasteiger partial charge on any atom is -0.367 e. The van der Waals surface area contributed by atoms with Gasteiger partial charge in [0, 0.05) is 43.8 Å². The lowest BCUT2D eigenvalue weighted by Crippen LogP contribution is -2.43. The molecule has 2 heterocycles. The summed E-state index contributed by atoms with van der Waals surface area (Å²) in [5, 5.41) is 18.4. The van der Waals surface area contributed by atoms with Crippen LogP contribution < -0.4 is 20.9 Å². The van der Waals surface area contributed by atoms with E-state index in [0.717, 1.165) is 37.4 Å². The molecule has 0 aliphatic carbocycles. The molecule has 0 spiro atoms. The first-order valence-corrected chi connectivity index (χ1v) is 9.79. The van der Waals surface area contributed by atoms with Crippen molar-refractivity contribution in [1.29, 1.82) is 5.26 Å². The van der Waals surface area contributed by atoms with Crippen LogP contribution in [0.4, 0.5) is 33.2 Å². The highest BCUT2D eigenvalue weighted by Crippen LogP contribution is 2.25. The van der Waals surface area contributed by atoms with Crippen LogP contribution in [0, 0.1) is 17.1 Å². The first-order chi connectivity index (χ1) is 14.7. The molecular weight excluding hydrogens is 381 g/mol. The molecule has 0 radical (unpaired) electrons. The summed E-state index contributed by atoms with van der Waals surface area (Å²) in [6, 6.07) is 16.6. The Kier molecular flexibility index (Phi) is 6.01. The number of hydrogen-bond acceptors (Lipinski definition) is 7. The predicted molar refractivity (Wildman–Crippen MR) is 116 cm³/mol. The Hall–Kier alpha value is -3.70. The molecule has 0 amide bonds. The molecule has 0 unspecified atom stereocenters. The molecule has 3 aromatic rings. The van der Waals surface area contributed by atoms with E-state index in [0.29, 0.717) is 29.6 Å². The average molecular weight is 403 g/mol. The van der Waals surface area contributed by atoms with Crippen molar-refractivity contribution >= 4 is 28.8 Å². The average Bonchev–Trinajstić information content (AvgIpc) is 2.75. The van der Waals surface area contributed by atoms with Crippen LogP contribution in [0.5, 0.6) is 0 Å². The van der Waals surface area contributed by atoms with E-state index in [4.69, 9.17) is 5.26 Å². The molecule has 7 nitrogen and oxygen atoms in total. The minimum absolute atomic E-state index is 0.273. The summed E-state index contributed by atoms with van der Waals surface area (Å²) < 4.78 is 14.6. The molecule has 152 valence electrons. The molecule has 3 N–H and O–H groups in total. The lowest BCUT2D eigenvalue weighted by molar-refractivity contribution is 0.566. The van der Waals surface area contributed by atoms with E-state index in [1.54, 1.807) is 18.3 Å². The van der Waals surface area contributed by atoms with Gasteiger partial charge >= 0.3 is 0 Å². The minimum atomic E-state index is -0.273. The Morgan fingerprint density at radius 1 is 1.07 bits per heavy atom. The number of nitrogens with one attached hydrogen (secondary N) is 3. The van der Waals surface area contributed by atoms with E-state index >= 15 is 0 Å². The van der Waals surface area contributed by atoms with Gasteiger partial charge in [0.25, 0.3) is 0 Å². The largest absolute Gasteiger partial charge is 0.367 e. The highest BCUT2D eigenvalue weighted by Gasteiger charge is 2.15. The van der Waals surface area contributed by atoms with Gasteiger partial charge in [0.05, 0.1) is 18.2 Å². The lowest BCUT2D eigenvalue weighted by atomic mass is 10.1. The van der Waals surface area contributed by atoms with Gasteiger partial charge in [-0.2, -0.15) is 10.2 Å². The van der Waals surface area contributed by atoms with Crippen LogP contribution in [-0.2, 0) is 6.42 Å². The number of halogens is 1. The predicted octanol–water partition coefficient (Wildman–Crippen LogP) is 3.58. The monoisotopic (exact) mass is 403 g/mol. The van der Waals surface area contributed by atoms with Crippen LogP contribution in [0.2, 0.25) is 0 Å². The van der Waals surface area contributed by atoms with Crippen LogP contribution in [0.3, 0.4) is 0 Å². The van der Waals surface area contributed by atoms with Crippen molar-refractivity contribution in [3.8, 4) is 6.07 Å². The highest BCUT2D eigenvalue weighted by atomic mass is 19.1. The molecule has 1 aromatic heterocycles. The molecule has 8 heteroatoms. The van der Waals surface area contributed by atoms with Gasteiger partial charge in [-0.15, -0.1) is 0 Å². The summed E-state index contributed by atoms with van der Waals surface area (Å²) in [5.74, 6) is 0.688. The third-order valence-electron chi connectivity index (χ3n) is 4.80. The van der Waals surface area contributed by atoms with E-state index < -0.39 is 0 Å². The third kappa shape index (κ3) is 4.82. The fourth-order valence-corrected chi connectivity index (χ4v) is 3.36. The second kappa shape index (κ2) is 9.20. The van der Waals surface area contributed by atoms with Gasteiger partial charge in [-0.1, -0.05) is 12.1 Å². The van der Waals surface area contributed by atoms with E-state index in [1.807, 2.05) is 35.2 Å². The SMILES string of the molecule is N#CCc1cccc(Nc2ccnc(Nc3ccc(N4CCNCC4)c(F)c3)n2)c1. The number of nitrogens with zero attached hydrogens (tertiary/aromatic N) is 4. The molecule has 0 bridgehead atoms. The molecule has 2 aromatic carbocycles. The van der Waals surface area contributed by atoms with Gasteiger partial charge in [-0.05, 0) is 42.0 Å². The topological polar surface area (TPSA) is 88.9 Å². The summed E-state index contributed by atoms with van der Waals surface area (Å²) >= 11 is 0. The van der Waals surface area contributed by atoms with Crippen molar-refractivity contribution in [1.82, 2.24) is 15.3 Å². The summed E-state index contributed by atoms with van der Waals surface area (Å²) in [6.45, 7) is 3.28. The van der Waals surface area contributed by atoms with Gasteiger partial charge in [-0.3, -0.25) is 0 Å². The van der Waals surface area contributed by atoms with Crippen LogP contribution in [0.15, 0.2) is 54.7 Å². The highest BCUT2D eigenvalue weighted by molar-refractivity contribution is 5.62. The molecule has 1 saturated heterocycles. The zero-order valence-electron chi connectivity index (χ0n) is 16.4. The number of piperazine rings is 1. The quantitative estimate of drug-likeness (QED) is 0.580. The van der Waals surface area contributed by atoms with Crippen LogP contribution in [0.1, 0.15) is 5.56 Å². The molecule has 1 aliphatic rings. The Balaban J connectivity index is 1.46. The molecule has 4 rings (SSSR count). The fraction of sp³-hybridized carbons (Fsp3) is 0.227. The first-order valence-electron chi connectivity index (χ1n) is 9.79. The van der Waals surface area contributed by atoms with Crippen molar-refractivity contribution in [2.24, 2.45) is 0 Å². The normalized spacial score (nSPS) is 13.5. The maximum Gasteiger partial charge on any atom is 0.229 e. The Bertz CT molecular complexity index is 1060. The second-order valence-corrected chi connectivity index (χ2v) is 6.95. The number of anilines is 5. The number of rotatable bonds is 6. The lowest BCUT2D eigenvalue weighted by Gasteiger charge is -2.29. The fourth-order valence-electron chi connectivity index (χ4n) is 3.36. The molecule has 1 aliphatic heterocycles. The first kappa shape index (κ1) is 19.6. The van der Waals surface area contributed by atoms with Crippen molar-refractivity contribution in [2.75, 3.05) is 41.7 Å². The van der Waals surface area contributed by atoms with Gasteiger partial charge in [0.1, 0.15) is 11.6 Å². The van der Waals surface area contributed by atoms with E-state index in [9.17, 15) is 4.39 Å². The Labute approximate surface area is 174 Å². The van der Waals surface area contributed by atoms with E-state index in [1.165, 1.54) is 6.07 Å². The zero-order chi connectivity index (χ0) is 20.8. The molecule has 30 heavy (non-hydrogen) atoms. The van der Waals surface area contributed by atoms with Crippen molar-refractivity contribution in [3.05, 3.63) is 66.1 Å². The molecule has 0 atom stereocenters. The number of hydrogen-bond donors (Lipinski definition) is 3. The summed E-state index contributed by atoms with van der Waals surface area (Å²) in [4.78, 5) is 10.7. The number of aromatic nitrogens is 2. The molecule has 1 fully saturated rings. The van der Waals surface area contributed by atoms with E-state index in [-0.39, 0.29) is 5.82 Å². The smallest absolute Gasteiger partial charge is 0.229 e. The molecular formula is C22H22FN7. The van der Waals surface area contributed by atoms with Crippen molar-refractivity contribution in [3.63, 3.8) is 0 Å². The van der Waals surface area contributed by atoms with E-state index in [2.05, 4.69) is 32.0 Å². The van der Waals surface area contributed by atoms with Gasteiger partial charge < -0.3 is 20.9 Å². The standard InChI is InChI=1S/C22H22FN7/c23-19-15-18(4-5-20(19)30-12-10-25-11-13-30)28-22-26-9-7-21(29-22)27-17-3-1-2-16(14-17)6-8-24/h1-5,7,9,14-15,25H,6,10-13H2,(H2,26,27,28,29). The van der Waals surface area contributed by atoms with Crippen molar-refractivity contribution < 1.29 is 4.39 Å². The Morgan fingerprint density at radius 2 is 1.90 bits per heavy atom.